The Morgan fingerprint density at radius 3 is 2.13 bits per heavy atom. The van der Waals surface area contributed by atoms with E-state index in [2.05, 4.69) is 4.74 Å². The average Bonchev–Trinajstić information content (AvgIpc) is 2.19. The highest BCUT2D eigenvalue weighted by Gasteiger charge is 2.25. The first-order valence-corrected chi connectivity index (χ1v) is 4.80. The summed E-state index contributed by atoms with van der Waals surface area (Å²) >= 11 is 0. The predicted molar refractivity (Wildman–Crippen MR) is 53.2 cm³/mol. The van der Waals surface area contributed by atoms with E-state index < -0.39 is 18.2 Å². The Bertz CT molecular complexity index is 210. The van der Waals surface area contributed by atoms with E-state index in [1.165, 1.54) is 14.2 Å². The number of ether oxygens (including phenoxy) is 3. The van der Waals surface area contributed by atoms with Gasteiger partial charge in [0.05, 0.1) is 12.5 Å². The maximum Gasteiger partial charge on any atom is 0.313 e. The van der Waals surface area contributed by atoms with Crippen molar-refractivity contribution in [3.63, 3.8) is 0 Å². The fourth-order valence-electron chi connectivity index (χ4n) is 1.17. The van der Waals surface area contributed by atoms with Gasteiger partial charge in [-0.15, -0.1) is 0 Å². The zero-order valence-corrected chi connectivity index (χ0v) is 9.61. The molecule has 5 nitrogen and oxygen atoms in total. The van der Waals surface area contributed by atoms with E-state index >= 15 is 0 Å². The van der Waals surface area contributed by atoms with Gasteiger partial charge in [0.1, 0.15) is 6.42 Å². The smallest absolute Gasteiger partial charge is 0.313 e. The van der Waals surface area contributed by atoms with Crippen LogP contribution in [0.2, 0.25) is 0 Å². The maximum atomic E-state index is 11.5. The Kier molecular flexibility index (Phi) is 6.90. The Hall–Kier alpha value is -0.940. The van der Waals surface area contributed by atoms with E-state index in [4.69, 9.17) is 9.47 Å². The molecule has 0 unspecified atom stereocenters. The molecule has 0 fully saturated rings. The molecular weight excluding hydrogens is 200 g/mol. The summed E-state index contributed by atoms with van der Waals surface area (Å²) in [5.74, 6) is -1.24. The molecule has 88 valence electrons. The second-order valence-electron chi connectivity index (χ2n) is 3.08. The molecule has 0 saturated heterocycles. The van der Waals surface area contributed by atoms with Crippen molar-refractivity contribution in [2.45, 2.75) is 26.6 Å². The maximum absolute atomic E-state index is 11.5. The Morgan fingerprint density at radius 2 is 1.73 bits per heavy atom. The molecular formula is C10H18O5. The number of methoxy groups -OCH3 is 2. The van der Waals surface area contributed by atoms with Crippen LogP contribution in [0.1, 0.15) is 20.3 Å². The number of hydrogen-bond acceptors (Lipinski definition) is 5. The summed E-state index contributed by atoms with van der Waals surface area (Å²) in [4.78, 5) is 22.6. The number of Topliss-reactive ketones (excluding diaryl/α,β-unsaturated/α-hetero) is 1. The summed E-state index contributed by atoms with van der Waals surface area (Å²) in [7, 11) is 2.89. The molecule has 5 heteroatoms. The molecule has 0 aromatic carbocycles. The molecule has 0 radical (unpaired) electrons. The quantitative estimate of drug-likeness (QED) is 0.359. The van der Waals surface area contributed by atoms with Gasteiger partial charge in [-0.3, -0.25) is 9.59 Å². The Balaban J connectivity index is 4.13. The standard InChI is InChI=1S/C10H18O5/c1-5-15-9(12)6-8(11)7(2)10(13-3)14-4/h7,10H,5-6H2,1-4H3/t7-/m0/s1. The zero-order valence-electron chi connectivity index (χ0n) is 9.61. The van der Waals surface area contributed by atoms with Crippen molar-refractivity contribution in [3.05, 3.63) is 0 Å². The van der Waals surface area contributed by atoms with Crippen LogP contribution in [-0.2, 0) is 23.8 Å². The Labute approximate surface area is 89.7 Å². The highest BCUT2D eigenvalue weighted by atomic mass is 16.7. The lowest BCUT2D eigenvalue weighted by atomic mass is 10.0. The number of carbonyl (C=O) groups is 2. The van der Waals surface area contributed by atoms with Crippen molar-refractivity contribution in [2.75, 3.05) is 20.8 Å². The van der Waals surface area contributed by atoms with Gasteiger partial charge in [-0.05, 0) is 6.92 Å². The molecule has 1 atom stereocenters. The molecule has 0 amide bonds. The van der Waals surface area contributed by atoms with E-state index in [1.54, 1.807) is 13.8 Å². The second-order valence-corrected chi connectivity index (χ2v) is 3.08. The molecule has 0 heterocycles. The monoisotopic (exact) mass is 218 g/mol. The number of ketones is 1. The number of esters is 1. The van der Waals surface area contributed by atoms with Crippen molar-refractivity contribution in [1.29, 1.82) is 0 Å². The Morgan fingerprint density at radius 1 is 1.20 bits per heavy atom. The van der Waals surface area contributed by atoms with Gasteiger partial charge < -0.3 is 14.2 Å². The highest BCUT2D eigenvalue weighted by molar-refractivity contribution is 5.96. The lowest BCUT2D eigenvalue weighted by molar-refractivity contribution is -0.158. The lowest BCUT2D eigenvalue weighted by Gasteiger charge is -2.19. The summed E-state index contributed by atoms with van der Waals surface area (Å²) in [5, 5.41) is 0. The van der Waals surface area contributed by atoms with E-state index in [1.807, 2.05) is 0 Å². The van der Waals surface area contributed by atoms with Crippen molar-refractivity contribution in [2.24, 2.45) is 5.92 Å². The van der Waals surface area contributed by atoms with Crippen LogP contribution in [0.15, 0.2) is 0 Å². The van der Waals surface area contributed by atoms with E-state index in [-0.39, 0.29) is 18.8 Å². The minimum absolute atomic E-state index is 0.238. The van der Waals surface area contributed by atoms with Gasteiger partial charge >= 0.3 is 5.97 Å². The summed E-state index contributed by atoms with van der Waals surface area (Å²) < 4.78 is 14.5. The normalized spacial score (nSPS) is 12.6. The van der Waals surface area contributed by atoms with Gasteiger partial charge in [-0.1, -0.05) is 6.92 Å². The van der Waals surface area contributed by atoms with Crippen LogP contribution >= 0.6 is 0 Å². The van der Waals surface area contributed by atoms with Crippen LogP contribution in [0.25, 0.3) is 0 Å². The van der Waals surface area contributed by atoms with Crippen molar-refractivity contribution in [1.82, 2.24) is 0 Å². The van der Waals surface area contributed by atoms with Crippen LogP contribution in [-0.4, -0.2) is 38.9 Å². The molecule has 15 heavy (non-hydrogen) atoms. The van der Waals surface area contributed by atoms with E-state index in [9.17, 15) is 9.59 Å². The average molecular weight is 218 g/mol. The van der Waals surface area contributed by atoms with Gasteiger partial charge in [0.2, 0.25) is 0 Å². The van der Waals surface area contributed by atoms with Crippen molar-refractivity contribution in [3.8, 4) is 0 Å². The summed E-state index contributed by atoms with van der Waals surface area (Å²) in [5.41, 5.74) is 0. The van der Waals surface area contributed by atoms with Crippen LogP contribution in [0, 0.1) is 5.92 Å². The molecule has 0 aliphatic heterocycles. The molecule has 0 bridgehead atoms. The molecule has 0 aliphatic carbocycles. The number of rotatable bonds is 7. The van der Waals surface area contributed by atoms with Gasteiger partial charge in [-0.25, -0.2) is 0 Å². The van der Waals surface area contributed by atoms with Gasteiger partial charge in [0, 0.05) is 14.2 Å². The molecule has 0 N–H and O–H groups in total. The second kappa shape index (κ2) is 7.36. The minimum atomic E-state index is -0.619. The largest absolute Gasteiger partial charge is 0.466 e. The first kappa shape index (κ1) is 14.1. The highest BCUT2D eigenvalue weighted by Crippen LogP contribution is 2.11. The number of hydrogen-bond donors (Lipinski definition) is 0. The summed E-state index contributed by atoms with van der Waals surface area (Å²) in [6, 6.07) is 0. The molecule has 0 aliphatic rings. The van der Waals surface area contributed by atoms with Crippen molar-refractivity contribution >= 4 is 11.8 Å². The third-order valence-electron chi connectivity index (χ3n) is 2.00. The van der Waals surface area contributed by atoms with E-state index in [0.29, 0.717) is 0 Å². The summed E-state index contributed by atoms with van der Waals surface area (Å²) in [6.07, 6.45) is -0.856. The SMILES string of the molecule is CCOC(=O)CC(=O)[C@H](C)C(OC)OC. The third-order valence-corrected chi connectivity index (χ3v) is 2.00. The van der Waals surface area contributed by atoms with Gasteiger partial charge in [-0.2, -0.15) is 0 Å². The fourth-order valence-corrected chi connectivity index (χ4v) is 1.17. The molecule has 0 spiro atoms. The van der Waals surface area contributed by atoms with Gasteiger partial charge in [0.15, 0.2) is 12.1 Å². The fraction of sp³-hybridized carbons (Fsp3) is 0.800. The van der Waals surface area contributed by atoms with Crippen LogP contribution in [0.3, 0.4) is 0 Å². The first-order valence-electron chi connectivity index (χ1n) is 4.80. The zero-order chi connectivity index (χ0) is 11.8. The molecule has 0 rings (SSSR count). The number of carbonyl (C=O) groups excluding carboxylic acids is 2. The third kappa shape index (κ3) is 4.90. The minimum Gasteiger partial charge on any atom is -0.466 e. The first-order chi connectivity index (χ1) is 7.06. The van der Waals surface area contributed by atoms with Crippen molar-refractivity contribution < 1.29 is 23.8 Å². The predicted octanol–water partition coefficient (Wildman–Crippen LogP) is 0.764. The molecule has 0 aromatic heterocycles. The molecule has 0 saturated carbocycles. The lowest BCUT2D eigenvalue weighted by Crippen LogP contribution is -2.30. The molecule has 0 aromatic rings. The van der Waals surface area contributed by atoms with Crippen LogP contribution in [0.5, 0.6) is 0 Å². The van der Waals surface area contributed by atoms with Crippen LogP contribution < -0.4 is 0 Å². The topological polar surface area (TPSA) is 61.8 Å². The van der Waals surface area contributed by atoms with E-state index in [0.717, 1.165) is 0 Å². The van der Waals surface area contributed by atoms with Crippen LogP contribution in [0.4, 0.5) is 0 Å². The van der Waals surface area contributed by atoms with Gasteiger partial charge in [0.25, 0.3) is 0 Å². The summed E-state index contributed by atoms with van der Waals surface area (Å²) in [6.45, 7) is 3.62.